The molecule has 19 heavy (non-hydrogen) atoms. The zero-order valence-electron chi connectivity index (χ0n) is 10.6. The van der Waals surface area contributed by atoms with Gasteiger partial charge in [-0.25, -0.2) is 0 Å². The summed E-state index contributed by atoms with van der Waals surface area (Å²) in [5, 5.41) is 16.8. The molecule has 1 aliphatic heterocycles. The minimum Gasteiger partial charge on any atom is -0.352 e. The molecule has 1 fully saturated rings. The molecule has 1 heterocycles. The number of nitro benzene ring substituents is 1. The Balaban J connectivity index is 1.85. The van der Waals surface area contributed by atoms with Crippen molar-refractivity contribution < 1.29 is 9.72 Å². The van der Waals surface area contributed by atoms with E-state index in [9.17, 15) is 14.9 Å². The predicted octanol–water partition coefficient (Wildman–Crippen LogP) is 1.47. The van der Waals surface area contributed by atoms with Crippen molar-refractivity contribution in [2.24, 2.45) is 0 Å². The third kappa shape index (κ3) is 3.75. The molecular weight excluding hydrogens is 246 g/mol. The maximum Gasteiger partial charge on any atom is 0.270 e. The Morgan fingerprint density at radius 2 is 2.37 bits per heavy atom. The number of carbonyl (C=O) groups excluding carboxylic acids is 1. The van der Waals surface area contributed by atoms with Crippen molar-refractivity contribution in [2.45, 2.75) is 25.3 Å². The van der Waals surface area contributed by atoms with Crippen LogP contribution in [0.3, 0.4) is 0 Å². The van der Waals surface area contributed by atoms with E-state index in [1.165, 1.54) is 24.6 Å². The quantitative estimate of drug-likeness (QED) is 0.622. The summed E-state index contributed by atoms with van der Waals surface area (Å²) in [5.41, 5.74) is 0.263. The Morgan fingerprint density at radius 3 is 3.05 bits per heavy atom. The molecular formula is C13H17N3O3. The van der Waals surface area contributed by atoms with Crippen molar-refractivity contribution in [1.82, 2.24) is 10.6 Å². The molecule has 0 bridgehead atoms. The number of amides is 1. The monoisotopic (exact) mass is 263 g/mol. The van der Waals surface area contributed by atoms with Crippen LogP contribution in [0.25, 0.3) is 0 Å². The van der Waals surface area contributed by atoms with E-state index in [0.29, 0.717) is 18.2 Å². The maximum absolute atomic E-state index is 11.8. The van der Waals surface area contributed by atoms with Gasteiger partial charge in [0.1, 0.15) is 0 Å². The highest BCUT2D eigenvalue weighted by Crippen LogP contribution is 2.13. The summed E-state index contributed by atoms with van der Waals surface area (Å²) in [6.07, 6.45) is 3.22. The van der Waals surface area contributed by atoms with Gasteiger partial charge in [0.15, 0.2) is 0 Å². The Hall–Kier alpha value is -1.95. The van der Waals surface area contributed by atoms with Crippen molar-refractivity contribution in [3.63, 3.8) is 0 Å². The van der Waals surface area contributed by atoms with Gasteiger partial charge in [0.05, 0.1) is 4.92 Å². The molecule has 102 valence electrons. The van der Waals surface area contributed by atoms with Gasteiger partial charge >= 0.3 is 0 Å². The summed E-state index contributed by atoms with van der Waals surface area (Å²) in [5.74, 6) is -0.262. The van der Waals surface area contributed by atoms with Gasteiger partial charge in [0.2, 0.25) is 0 Å². The number of hydrogen-bond acceptors (Lipinski definition) is 4. The van der Waals surface area contributed by atoms with E-state index in [-0.39, 0.29) is 11.6 Å². The average molecular weight is 263 g/mol. The summed E-state index contributed by atoms with van der Waals surface area (Å²) in [4.78, 5) is 22.0. The molecule has 0 radical (unpaired) electrons. The van der Waals surface area contributed by atoms with E-state index < -0.39 is 4.92 Å². The summed E-state index contributed by atoms with van der Waals surface area (Å²) in [6.45, 7) is 1.63. The molecule has 0 aromatic heterocycles. The largest absolute Gasteiger partial charge is 0.352 e. The number of rotatable bonds is 5. The number of hydrogen-bond donors (Lipinski definition) is 2. The first-order chi connectivity index (χ1) is 9.16. The number of nitrogens with zero attached hydrogens (tertiary/aromatic N) is 1. The molecule has 6 heteroatoms. The van der Waals surface area contributed by atoms with Crippen LogP contribution in [0.2, 0.25) is 0 Å². The van der Waals surface area contributed by atoms with Crippen LogP contribution in [0, 0.1) is 10.1 Å². The van der Waals surface area contributed by atoms with Gasteiger partial charge in [-0.2, -0.15) is 0 Å². The lowest BCUT2D eigenvalue weighted by molar-refractivity contribution is -0.384. The number of benzene rings is 1. The van der Waals surface area contributed by atoms with E-state index in [0.717, 1.165) is 19.4 Å². The van der Waals surface area contributed by atoms with Gasteiger partial charge in [0, 0.05) is 30.3 Å². The molecule has 1 aromatic rings. The number of non-ortho nitro benzene ring substituents is 1. The van der Waals surface area contributed by atoms with Crippen LogP contribution in [0.5, 0.6) is 0 Å². The highest BCUT2D eigenvalue weighted by molar-refractivity contribution is 5.94. The van der Waals surface area contributed by atoms with Gasteiger partial charge in [-0.1, -0.05) is 6.07 Å². The first-order valence-corrected chi connectivity index (χ1v) is 6.43. The first-order valence-electron chi connectivity index (χ1n) is 6.43. The van der Waals surface area contributed by atoms with Crippen molar-refractivity contribution >= 4 is 11.6 Å². The van der Waals surface area contributed by atoms with Crippen molar-refractivity contribution in [3.05, 3.63) is 39.9 Å². The topological polar surface area (TPSA) is 84.3 Å². The van der Waals surface area contributed by atoms with Gasteiger partial charge in [0.25, 0.3) is 11.6 Å². The predicted molar refractivity (Wildman–Crippen MR) is 71.1 cm³/mol. The van der Waals surface area contributed by atoms with Gasteiger partial charge in [-0.05, 0) is 31.9 Å². The average Bonchev–Trinajstić information content (AvgIpc) is 2.92. The fraction of sp³-hybridized carbons (Fsp3) is 0.462. The van der Waals surface area contributed by atoms with Crippen LogP contribution in [-0.4, -0.2) is 30.0 Å². The summed E-state index contributed by atoms with van der Waals surface area (Å²) < 4.78 is 0. The second-order valence-corrected chi connectivity index (χ2v) is 4.65. The number of nitrogens with one attached hydrogen (secondary N) is 2. The number of nitro groups is 1. The molecule has 2 N–H and O–H groups in total. The lowest BCUT2D eigenvalue weighted by atomic mass is 10.1. The van der Waals surface area contributed by atoms with E-state index >= 15 is 0 Å². The van der Waals surface area contributed by atoms with E-state index in [2.05, 4.69) is 10.6 Å². The Labute approximate surface area is 111 Å². The summed E-state index contributed by atoms with van der Waals surface area (Å²) >= 11 is 0. The molecule has 1 atom stereocenters. The summed E-state index contributed by atoms with van der Waals surface area (Å²) in [6, 6.07) is 6.25. The van der Waals surface area contributed by atoms with Gasteiger partial charge in [-0.3, -0.25) is 14.9 Å². The molecule has 2 rings (SSSR count). The van der Waals surface area contributed by atoms with Crippen LogP contribution in [-0.2, 0) is 0 Å². The van der Waals surface area contributed by atoms with Crippen LogP contribution >= 0.6 is 0 Å². The highest BCUT2D eigenvalue weighted by atomic mass is 16.6. The molecule has 1 aromatic carbocycles. The highest BCUT2D eigenvalue weighted by Gasteiger charge is 2.15. The third-order valence-electron chi connectivity index (χ3n) is 3.26. The fourth-order valence-corrected chi connectivity index (χ4v) is 2.23. The van der Waals surface area contributed by atoms with Crippen LogP contribution in [0.1, 0.15) is 29.6 Å². The van der Waals surface area contributed by atoms with Gasteiger partial charge in [-0.15, -0.1) is 0 Å². The maximum atomic E-state index is 11.8. The Bertz CT molecular complexity index is 470. The Kier molecular flexibility index (Phi) is 4.46. The zero-order valence-corrected chi connectivity index (χ0v) is 10.6. The summed E-state index contributed by atoms with van der Waals surface area (Å²) in [7, 11) is 0. The molecule has 0 saturated carbocycles. The second kappa shape index (κ2) is 6.29. The van der Waals surface area contributed by atoms with Crippen LogP contribution in [0.4, 0.5) is 5.69 Å². The van der Waals surface area contributed by atoms with Crippen molar-refractivity contribution in [1.29, 1.82) is 0 Å². The van der Waals surface area contributed by atoms with E-state index in [1.54, 1.807) is 6.07 Å². The molecule has 6 nitrogen and oxygen atoms in total. The zero-order chi connectivity index (χ0) is 13.7. The van der Waals surface area contributed by atoms with Crippen molar-refractivity contribution in [3.8, 4) is 0 Å². The molecule has 0 unspecified atom stereocenters. The molecule has 0 aliphatic carbocycles. The normalized spacial score (nSPS) is 18.2. The van der Waals surface area contributed by atoms with Crippen LogP contribution < -0.4 is 10.6 Å². The SMILES string of the molecule is O=C(NCC[C@@H]1CCCN1)c1cccc([N+](=O)[O-])c1. The lowest BCUT2D eigenvalue weighted by Gasteiger charge is -2.10. The van der Waals surface area contributed by atoms with Crippen LogP contribution in [0.15, 0.2) is 24.3 Å². The molecule has 1 amide bonds. The second-order valence-electron chi connectivity index (χ2n) is 4.65. The Morgan fingerprint density at radius 1 is 1.53 bits per heavy atom. The minimum atomic E-state index is -0.501. The third-order valence-corrected chi connectivity index (χ3v) is 3.26. The smallest absolute Gasteiger partial charge is 0.270 e. The fourth-order valence-electron chi connectivity index (χ4n) is 2.23. The van der Waals surface area contributed by atoms with E-state index in [1.807, 2.05) is 0 Å². The molecule has 1 saturated heterocycles. The standard InChI is InChI=1S/C13H17N3O3/c17-13(15-8-6-11-4-2-7-14-11)10-3-1-5-12(9-10)16(18)19/h1,3,5,9,11,14H,2,4,6-8H2,(H,15,17)/t11-/m0/s1. The lowest BCUT2D eigenvalue weighted by Crippen LogP contribution is -2.30. The first kappa shape index (κ1) is 13.5. The number of carbonyl (C=O) groups is 1. The minimum absolute atomic E-state index is 0.0647. The van der Waals surface area contributed by atoms with Gasteiger partial charge < -0.3 is 10.6 Å². The van der Waals surface area contributed by atoms with Crippen molar-refractivity contribution in [2.75, 3.05) is 13.1 Å². The van der Waals surface area contributed by atoms with E-state index in [4.69, 9.17) is 0 Å². The molecule has 0 spiro atoms. The molecule has 1 aliphatic rings.